The summed E-state index contributed by atoms with van der Waals surface area (Å²) in [5.41, 5.74) is 0.847. The van der Waals surface area contributed by atoms with Crippen LogP contribution in [0, 0.1) is 5.82 Å². The Kier molecular flexibility index (Phi) is 6.52. The minimum Gasteiger partial charge on any atom is -0.307 e. The van der Waals surface area contributed by atoms with Crippen molar-refractivity contribution in [2.75, 3.05) is 18.3 Å². The van der Waals surface area contributed by atoms with Gasteiger partial charge >= 0.3 is 7.60 Å². The Bertz CT molecular complexity index is 671. The number of nitrogens with zero attached hydrogens (tertiary/aromatic N) is 1. The van der Waals surface area contributed by atoms with Crippen molar-refractivity contribution in [2.45, 2.75) is 19.6 Å². The minimum absolute atomic E-state index is 0.150. The first kappa shape index (κ1) is 18.6. The zero-order valence-corrected chi connectivity index (χ0v) is 14.5. The van der Waals surface area contributed by atoms with Gasteiger partial charge in [0, 0.05) is 0 Å². The molecule has 1 unspecified atom stereocenters. The number of halogens is 1. The molecule has 0 saturated carbocycles. The summed E-state index contributed by atoms with van der Waals surface area (Å²) >= 11 is 0. The molecule has 0 aromatic heterocycles. The van der Waals surface area contributed by atoms with Gasteiger partial charge in [-0.05, 0) is 43.7 Å². The van der Waals surface area contributed by atoms with Crippen molar-refractivity contribution in [3.05, 3.63) is 66.0 Å². The van der Waals surface area contributed by atoms with E-state index in [1.165, 1.54) is 24.3 Å². The quantitative estimate of drug-likeness (QED) is 0.535. The third-order valence-corrected chi connectivity index (χ3v) is 5.69. The SMILES string of the molecule is CCOP(=O)(OCC)C(c1ccc(F)cc1)N(O)c1ccccc1. The van der Waals surface area contributed by atoms with Crippen LogP contribution in [0.25, 0.3) is 0 Å². The third kappa shape index (κ3) is 4.22. The van der Waals surface area contributed by atoms with Crippen LogP contribution in [0.15, 0.2) is 54.6 Å². The van der Waals surface area contributed by atoms with Crippen molar-refractivity contribution in [1.29, 1.82) is 0 Å². The van der Waals surface area contributed by atoms with Crippen LogP contribution < -0.4 is 5.06 Å². The molecular formula is C17H21FNO4P. The molecule has 2 rings (SSSR count). The number of rotatable bonds is 8. The molecule has 0 amide bonds. The summed E-state index contributed by atoms with van der Waals surface area (Å²) in [5.74, 6) is -1.54. The van der Waals surface area contributed by atoms with E-state index in [2.05, 4.69) is 0 Å². The van der Waals surface area contributed by atoms with E-state index in [0.717, 1.165) is 5.06 Å². The van der Waals surface area contributed by atoms with Crippen molar-refractivity contribution in [3.8, 4) is 0 Å². The zero-order chi connectivity index (χ0) is 17.6. The molecule has 130 valence electrons. The van der Waals surface area contributed by atoms with E-state index in [4.69, 9.17) is 9.05 Å². The van der Waals surface area contributed by atoms with Gasteiger partial charge in [-0.2, -0.15) is 0 Å². The van der Waals surface area contributed by atoms with Crippen LogP contribution in [-0.4, -0.2) is 18.4 Å². The van der Waals surface area contributed by atoms with Gasteiger partial charge in [-0.15, -0.1) is 0 Å². The number of hydrogen-bond acceptors (Lipinski definition) is 5. The van der Waals surface area contributed by atoms with Crippen molar-refractivity contribution in [3.63, 3.8) is 0 Å². The molecule has 0 aliphatic carbocycles. The number of anilines is 1. The van der Waals surface area contributed by atoms with Gasteiger partial charge in [0.05, 0.1) is 18.9 Å². The Balaban J connectivity index is 2.51. The van der Waals surface area contributed by atoms with Crippen LogP contribution in [0.5, 0.6) is 0 Å². The highest BCUT2D eigenvalue weighted by atomic mass is 31.2. The molecule has 1 N–H and O–H groups in total. The summed E-state index contributed by atoms with van der Waals surface area (Å²) in [7, 11) is -3.73. The summed E-state index contributed by atoms with van der Waals surface area (Å²) in [4.78, 5) is 0. The summed E-state index contributed by atoms with van der Waals surface area (Å²) in [6.45, 7) is 3.68. The van der Waals surface area contributed by atoms with Crippen LogP contribution in [0.3, 0.4) is 0 Å². The van der Waals surface area contributed by atoms with Gasteiger partial charge in [0.1, 0.15) is 5.82 Å². The fourth-order valence-electron chi connectivity index (χ4n) is 2.35. The molecule has 5 nitrogen and oxygen atoms in total. The average Bonchev–Trinajstić information content (AvgIpc) is 2.58. The molecule has 1 atom stereocenters. The van der Waals surface area contributed by atoms with E-state index in [1.54, 1.807) is 44.2 Å². The lowest BCUT2D eigenvalue weighted by Gasteiger charge is -2.33. The molecule has 0 aliphatic heterocycles. The van der Waals surface area contributed by atoms with E-state index in [0.29, 0.717) is 11.3 Å². The number of para-hydroxylation sites is 1. The Hall–Kier alpha value is -1.72. The molecule has 0 radical (unpaired) electrons. The smallest absolute Gasteiger partial charge is 0.307 e. The van der Waals surface area contributed by atoms with E-state index in [-0.39, 0.29) is 13.2 Å². The molecule has 2 aromatic carbocycles. The summed E-state index contributed by atoms with van der Waals surface area (Å²) in [6.07, 6.45) is 0. The Morgan fingerprint density at radius 2 is 1.58 bits per heavy atom. The molecule has 2 aromatic rings. The van der Waals surface area contributed by atoms with E-state index in [1.807, 2.05) is 0 Å². The predicted octanol–water partition coefficient (Wildman–Crippen LogP) is 4.99. The van der Waals surface area contributed by atoms with Gasteiger partial charge in [-0.25, -0.2) is 9.45 Å². The van der Waals surface area contributed by atoms with Gasteiger partial charge in [-0.3, -0.25) is 9.77 Å². The maximum Gasteiger partial charge on any atom is 0.359 e. The predicted molar refractivity (Wildman–Crippen MR) is 90.7 cm³/mol. The molecule has 0 bridgehead atoms. The molecule has 0 fully saturated rings. The van der Waals surface area contributed by atoms with E-state index in [9.17, 15) is 14.2 Å². The first-order valence-electron chi connectivity index (χ1n) is 7.69. The van der Waals surface area contributed by atoms with Crippen LogP contribution in [-0.2, 0) is 13.6 Å². The first-order chi connectivity index (χ1) is 11.5. The van der Waals surface area contributed by atoms with Gasteiger partial charge in [0.25, 0.3) is 0 Å². The van der Waals surface area contributed by atoms with Crippen molar-refractivity contribution in [1.82, 2.24) is 0 Å². The largest absolute Gasteiger partial charge is 0.359 e. The highest BCUT2D eigenvalue weighted by molar-refractivity contribution is 7.54. The van der Waals surface area contributed by atoms with Crippen LogP contribution in [0.2, 0.25) is 0 Å². The standard InChI is InChI=1S/C17H21FNO4P/c1-3-22-24(21,23-4-2)17(14-10-12-15(18)13-11-14)19(20)16-8-6-5-7-9-16/h5-13,17,20H,3-4H2,1-2H3. The van der Waals surface area contributed by atoms with Gasteiger partial charge in [0.15, 0.2) is 5.78 Å². The number of hydroxylamine groups is 1. The summed E-state index contributed by atoms with van der Waals surface area (Å²) < 4.78 is 37.3. The maximum atomic E-state index is 13.3. The monoisotopic (exact) mass is 353 g/mol. The van der Waals surface area contributed by atoms with Crippen LogP contribution in [0.1, 0.15) is 25.2 Å². The molecule has 0 heterocycles. The zero-order valence-electron chi connectivity index (χ0n) is 13.6. The fraction of sp³-hybridized carbons (Fsp3) is 0.294. The molecule has 24 heavy (non-hydrogen) atoms. The lowest BCUT2D eigenvalue weighted by molar-refractivity contribution is 0.179. The van der Waals surface area contributed by atoms with Crippen LogP contribution in [0.4, 0.5) is 10.1 Å². The van der Waals surface area contributed by atoms with Crippen LogP contribution >= 0.6 is 7.60 Å². The second-order valence-corrected chi connectivity index (χ2v) is 7.07. The highest BCUT2D eigenvalue weighted by Crippen LogP contribution is 2.62. The molecule has 0 spiro atoms. The lowest BCUT2D eigenvalue weighted by atomic mass is 10.2. The Morgan fingerprint density at radius 3 is 2.08 bits per heavy atom. The van der Waals surface area contributed by atoms with Crippen molar-refractivity contribution >= 4 is 13.3 Å². The van der Waals surface area contributed by atoms with Gasteiger partial charge in [0.2, 0.25) is 0 Å². The second kappa shape index (κ2) is 8.40. The fourth-order valence-corrected chi connectivity index (χ4v) is 4.37. The third-order valence-electron chi connectivity index (χ3n) is 3.34. The first-order valence-corrected chi connectivity index (χ1v) is 9.30. The molecule has 7 heteroatoms. The molecule has 0 saturated heterocycles. The molecular weight excluding hydrogens is 332 g/mol. The maximum absolute atomic E-state index is 13.3. The van der Waals surface area contributed by atoms with Gasteiger partial charge < -0.3 is 9.05 Å². The Labute approximate surface area is 141 Å². The number of benzene rings is 2. The lowest BCUT2D eigenvalue weighted by Crippen LogP contribution is -2.26. The van der Waals surface area contributed by atoms with Gasteiger partial charge in [-0.1, -0.05) is 30.3 Å². The second-order valence-electron chi connectivity index (χ2n) is 4.98. The highest BCUT2D eigenvalue weighted by Gasteiger charge is 2.41. The summed E-state index contributed by atoms with van der Waals surface area (Å²) in [5, 5.41) is 11.5. The number of hydrogen-bond donors (Lipinski definition) is 1. The summed E-state index contributed by atoms with van der Waals surface area (Å²) in [6, 6.07) is 14.0. The van der Waals surface area contributed by atoms with E-state index < -0.39 is 19.2 Å². The topological polar surface area (TPSA) is 59.0 Å². The van der Waals surface area contributed by atoms with Crippen molar-refractivity contribution in [2.24, 2.45) is 0 Å². The van der Waals surface area contributed by atoms with Crippen molar-refractivity contribution < 1.29 is 23.2 Å². The Morgan fingerprint density at radius 1 is 1.04 bits per heavy atom. The minimum atomic E-state index is -3.73. The average molecular weight is 353 g/mol. The normalized spacial score (nSPS) is 12.8. The molecule has 0 aliphatic rings. The van der Waals surface area contributed by atoms with E-state index >= 15 is 0 Å².